The third kappa shape index (κ3) is 5.98. The molecule has 0 aliphatic carbocycles. The Bertz CT molecular complexity index is 506. The third-order valence-corrected chi connectivity index (χ3v) is 6.49. The van der Waals surface area contributed by atoms with Gasteiger partial charge in [-0.05, 0) is 36.5 Å². The molecule has 0 saturated carbocycles. The van der Waals surface area contributed by atoms with Gasteiger partial charge in [0.1, 0.15) is 0 Å². The highest BCUT2D eigenvalue weighted by molar-refractivity contribution is 7.91. The number of hydrogen-bond acceptors (Lipinski definition) is 3. The van der Waals surface area contributed by atoms with Crippen molar-refractivity contribution in [2.75, 3.05) is 37.7 Å². The van der Waals surface area contributed by atoms with E-state index in [0.717, 1.165) is 38.6 Å². The Morgan fingerprint density at radius 3 is 2.43 bits per heavy atom. The Morgan fingerprint density at radius 1 is 1.26 bits per heavy atom. The first-order chi connectivity index (χ1) is 10.7. The first kappa shape index (κ1) is 18.6. The van der Waals surface area contributed by atoms with Gasteiger partial charge in [-0.1, -0.05) is 27.7 Å². The molecule has 5 nitrogen and oxygen atoms in total. The van der Waals surface area contributed by atoms with Crippen LogP contribution in [0.1, 0.15) is 40.5 Å². The molecule has 3 unspecified atom stereocenters. The first-order valence-corrected chi connectivity index (χ1v) is 10.8. The van der Waals surface area contributed by atoms with Gasteiger partial charge < -0.3 is 10.2 Å². The fraction of sp³-hybridized carbons (Fsp3) is 0.941. The van der Waals surface area contributed by atoms with Crippen molar-refractivity contribution in [3.05, 3.63) is 0 Å². The Hall–Kier alpha value is -0.780. The van der Waals surface area contributed by atoms with Crippen LogP contribution in [0.3, 0.4) is 0 Å². The summed E-state index contributed by atoms with van der Waals surface area (Å²) in [6.45, 7) is 12.5. The molecular formula is C17H33N3O2S. The second-order valence-corrected chi connectivity index (χ2v) is 10.3. The van der Waals surface area contributed by atoms with Crippen LogP contribution in [0.4, 0.5) is 0 Å². The molecule has 2 aliphatic rings. The summed E-state index contributed by atoms with van der Waals surface area (Å²) in [5.74, 6) is 3.75. The molecule has 3 atom stereocenters. The molecule has 134 valence electrons. The number of piperidine rings is 1. The molecule has 0 radical (unpaired) electrons. The van der Waals surface area contributed by atoms with Crippen molar-refractivity contribution in [1.29, 1.82) is 0 Å². The quantitative estimate of drug-likeness (QED) is 0.626. The van der Waals surface area contributed by atoms with E-state index in [1.165, 1.54) is 6.42 Å². The molecule has 6 heteroatoms. The topological polar surface area (TPSA) is 61.8 Å². The number of hydrogen-bond donors (Lipinski definition) is 1. The maximum Gasteiger partial charge on any atom is 0.193 e. The van der Waals surface area contributed by atoms with Gasteiger partial charge in [-0.15, -0.1) is 0 Å². The highest BCUT2D eigenvalue weighted by atomic mass is 32.2. The van der Waals surface area contributed by atoms with Crippen molar-refractivity contribution in [3.8, 4) is 0 Å². The van der Waals surface area contributed by atoms with E-state index in [-0.39, 0.29) is 5.92 Å². The monoisotopic (exact) mass is 343 g/mol. The van der Waals surface area contributed by atoms with Crippen LogP contribution in [0.25, 0.3) is 0 Å². The highest BCUT2D eigenvalue weighted by Gasteiger charge is 2.29. The zero-order valence-electron chi connectivity index (χ0n) is 15.1. The lowest BCUT2D eigenvalue weighted by Gasteiger charge is -2.37. The van der Waals surface area contributed by atoms with Crippen LogP contribution in [0.15, 0.2) is 4.99 Å². The molecule has 2 heterocycles. The van der Waals surface area contributed by atoms with Crippen molar-refractivity contribution in [2.24, 2.45) is 28.7 Å². The molecule has 0 aromatic carbocycles. The maximum atomic E-state index is 11.6. The molecule has 2 rings (SSSR count). The van der Waals surface area contributed by atoms with Gasteiger partial charge in [0.05, 0.1) is 11.5 Å². The summed E-state index contributed by atoms with van der Waals surface area (Å²) in [5, 5.41) is 3.48. The maximum absolute atomic E-state index is 11.6. The van der Waals surface area contributed by atoms with Crippen molar-refractivity contribution < 1.29 is 8.42 Å². The molecule has 0 bridgehead atoms. The van der Waals surface area contributed by atoms with E-state index in [1.54, 1.807) is 0 Å². The van der Waals surface area contributed by atoms with E-state index >= 15 is 0 Å². The van der Waals surface area contributed by atoms with E-state index in [0.29, 0.717) is 29.3 Å². The minimum Gasteiger partial charge on any atom is -0.356 e. The third-order valence-electron chi connectivity index (χ3n) is 4.65. The smallest absolute Gasteiger partial charge is 0.193 e. The number of likely N-dealkylation sites (tertiary alicyclic amines) is 1. The number of nitrogens with zero attached hydrogens (tertiary/aromatic N) is 2. The van der Waals surface area contributed by atoms with E-state index in [2.05, 4.69) is 37.9 Å². The van der Waals surface area contributed by atoms with Crippen LogP contribution in [-0.4, -0.2) is 57.0 Å². The molecular weight excluding hydrogens is 310 g/mol. The van der Waals surface area contributed by atoms with E-state index < -0.39 is 9.84 Å². The average molecular weight is 344 g/mol. The summed E-state index contributed by atoms with van der Waals surface area (Å²) in [5.41, 5.74) is 0. The lowest BCUT2D eigenvalue weighted by atomic mass is 9.92. The lowest BCUT2D eigenvalue weighted by Crippen LogP contribution is -2.49. The van der Waals surface area contributed by atoms with E-state index in [4.69, 9.17) is 4.99 Å². The number of nitrogens with one attached hydrogen (secondary N) is 1. The summed E-state index contributed by atoms with van der Waals surface area (Å²) in [6.07, 6.45) is 2.05. The number of rotatable bonds is 4. The van der Waals surface area contributed by atoms with Crippen molar-refractivity contribution in [2.45, 2.75) is 40.5 Å². The summed E-state index contributed by atoms with van der Waals surface area (Å²) >= 11 is 0. The minimum atomic E-state index is -2.80. The lowest BCUT2D eigenvalue weighted by molar-refractivity contribution is 0.207. The van der Waals surface area contributed by atoms with Crippen LogP contribution in [-0.2, 0) is 9.84 Å². The molecule has 1 N–H and O–H groups in total. The molecule has 0 spiro atoms. The van der Waals surface area contributed by atoms with Gasteiger partial charge in [-0.2, -0.15) is 0 Å². The van der Waals surface area contributed by atoms with Crippen molar-refractivity contribution in [3.63, 3.8) is 0 Å². The molecule has 0 amide bonds. The molecule has 2 fully saturated rings. The Kier molecular flexibility index (Phi) is 6.34. The highest BCUT2D eigenvalue weighted by Crippen LogP contribution is 2.22. The molecule has 2 saturated heterocycles. The van der Waals surface area contributed by atoms with E-state index in [9.17, 15) is 8.42 Å². The Balaban J connectivity index is 1.98. The van der Waals surface area contributed by atoms with Gasteiger partial charge in [0.15, 0.2) is 15.8 Å². The standard InChI is InChI=1S/C17H33N3O2S/c1-13(2)8-18-17(20-10-14(3)7-15(4)11-20)19-9-16-5-6-23(21,22)12-16/h13-16H,5-12H2,1-4H3,(H,18,19). The zero-order valence-corrected chi connectivity index (χ0v) is 15.9. The molecule has 23 heavy (non-hydrogen) atoms. The van der Waals surface area contributed by atoms with Gasteiger partial charge in [0.25, 0.3) is 0 Å². The van der Waals surface area contributed by atoms with Gasteiger partial charge in [-0.25, -0.2) is 8.42 Å². The summed E-state index contributed by atoms with van der Waals surface area (Å²) in [4.78, 5) is 7.16. The number of guanidine groups is 1. The second kappa shape index (κ2) is 7.86. The fourth-order valence-electron chi connectivity index (χ4n) is 3.64. The van der Waals surface area contributed by atoms with Gasteiger partial charge in [-0.3, -0.25) is 4.99 Å². The van der Waals surface area contributed by atoms with Crippen molar-refractivity contribution in [1.82, 2.24) is 10.2 Å². The zero-order chi connectivity index (χ0) is 17.0. The molecule has 0 aromatic heterocycles. The predicted molar refractivity (Wildman–Crippen MR) is 96.4 cm³/mol. The van der Waals surface area contributed by atoms with Gasteiger partial charge >= 0.3 is 0 Å². The summed E-state index contributed by atoms with van der Waals surface area (Å²) in [7, 11) is -2.80. The van der Waals surface area contributed by atoms with Gasteiger partial charge in [0, 0.05) is 26.2 Å². The molecule has 0 aromatic rings. The Morgan fingerprint density at radius 2 is 1.91 bits per heavy atom. The summed E-state index contributed by atoms with van der Waals surface area (Å²) < 4.78 is 23.2. The molecule has 2 aliphatic heterocycles. The Labute approximate surface area is 141 Å². The number of sulfone groups is 1. The van der Waals surface area contributed by atoms with Gasteiger partial charge in [0.2, 0.25) is 0 Å². The van der Waals surface area contributed by atoms with Crippen LogP contribution in [0.2, 0.25) is 0 Å². The van der Waals surface area contributed by atoms with Crippen LogP contribution in [0.5, 0.6) is 0 Å². The number of aliphatic imine (C=N–C) groups is 1. The van der Waals surface area contributed by atoms with E-state index in [1.807, 2.05) is 0 Å². The van der Waals surface area contributed by atoms with Crippen molar-refractivity contribution >= 4 is 15.8 Å². The van der Waals surface area contributed by atoms with Crippen LogP contribution >= 0.6 is 0 Å². The second-order valence-electron chi connectivity index (χ2n) is 8.06. The fourth-order valence-corrected chi connectivity index (χ4v) is 5.50. The van der Waals surface area contributed by atoms with Crippen LogP contribution in [0, 0.1) is 23.7 Å². The predicted octanol–water partition coefficient (Wildman–Crippen LogP) is 2.00. The average Bonchev–Trinajstić information content (AvgIpc) is 2.77. The normalized spacial score (nSPS) is 31.6. The first-order valence-electron chi connectivity index (χ1n) is 8.99. The SMILES string of the molecule is CC(C)CN=C(NCC1CCS(=O)(=O)C1)N1CC(C)CC(C)C1. The summed E-state index contributed by atoms with van der Waals surface area (Å²) in [6, 6.07) is 0. The van der Waals surface area contributed by atoms with Crippen LogP contribution < -0.4 is 5.32 Å². The minimum absolute atomic E-state index is 0.226. The largest absolute Gasteiger partial charge is 0.356 e.